The predicted octanol–water partition coefficient (Wildman–Crippen LogP) is 3.70. The zero-order valence-corrected chi connectivity index (χ0v) is 15.8. The Bertz CT molecular complexity index is 1000. The molecule has 0 aliphatic carbocycles. The highest BCUT2D eigenvalue weighted by Gasteiger charge is 2.33. The van der Waals surface area contributed by atoms with E-state index < -0.39 is 18.1 Å². The first-order chi connectivity index (χ1) is 14.1. The minimum absolute atomic E-state index is 0.0215. The van der Waals surface area contributed by atoms with Crippen LogP contribution in [0.4, 0.5) is 5.69 Å². The van der Waals surface area contributed by atoms with Crippen molar-refractivity contribution in [1.82, 2.24) is 5.32 Å². The summed E-state index contributed by atoms with van der Waals surface area (Å²) in [6, 6.07) is 25.4. The number of nitrogens with one attached hydrogen (secondary N) is 2. The summed E-state index contributed by atoms with van der Waals surface area (Å²) in [5.41, 5.74) is 3.09. The molecule has 5 heteroatoms. The van der Waals surface area contributed by atoms with Crippen molar-refractivity contribution in [2.45, 2.75) is 24.5 Å². The first-order valence-electron chi connectivity index (χ1n) is 9.60. The fourth-order valence-corrected chi connectivity index (χ4v) is 3.74. The van der Waals surface area contributed by atoms with E-state index in [4.69, 9.17) is 0 Å². The van der Waals surface area contributed by atoms with E-state index in [1.807, 2.05) is 84.9 Å². The van der Waals surface area contributed by atoms with Gasteiger partial charge in [0.25, 0.3) is 0 Å². The summed E-state index contributed by atoms with van der Waals surface area (Å²) in [6.07, 6.45) is -0.888. The van der Waals surface area contributed by atoms with Crippen molar-refractivity contribution in [3.63, 3.8) is 0 Å². The van der Waals surface area contributed by atoms with Crippen LogP contribution in [0, 0.1) is 0 Å². The van der Waals surface area contributed by atoms with Crippen LogP contribution >= 0.6 is 0 Å². The van der Waals surface area contributed by atoms with Gasteiger partial charge in [0.15, 0.2) is 0 Å². The number of fused-ring (bicyclic) bond motifs is 1. The van der Waals surface area contributed by atoms with E-state index in [0.29, 0.717) is 5.56 Å². The molecule has 0 bridgehead atoms. The van der Waals surface area contributed by atoms with Crippen LogP contribution in [0.15, 0.2) is 84.9 Å². The van der Waals surface area contributed by atoms with E-state index in [1.54, 1.807) is 0 Å². The zero-order valence-electron chi connectivity index (χ0n) is 15.8. The lowest BCUT2D eigenvalue weighted by molar-refractivity contribution is -0.126. The van der Waals surface area contributed by atoms with Crippen LogP contribution in [-0.4, -0.2) is 16.9 Å². The molecule has 1 heterocycles. The molecule has 0 aromatic heterocycles. The Morgan fingerprint density at radius 3 is 2.17 bits per heavy atom. The second-order valence-electron chi connectivity index (χ2n) is 7.14. The minimum atomic E-state index is -0.910. The highest BCUT2D eigenvalue weighted by atomic mass is 16.3. The van der Waals surface area contributed by atoms with E-state index in [9.17, 15) is 14.7 Å². The minimum Gasteiger partial charge on any atom is -0.386 e. The molecule has 0 saturated heterocycles. The van der Waals surface area contributed by atoms with Gasteiger partial charge in [-0.3, -0.25) is 9.59 Å². The zero-order chi connectivity index (χ0) is 20.2. The number of para-hydroxylation sites is 1. The average molecular weight is 386 g/mol. The largest absolute Gasteiger partial charge is 0.386 e. The fraction of sp³-hybridized carbons (Fsp3) is 0.167. The molecule has 1 aliphatic rings. The van der Waals surface area contributed by atoms with Gasteiger partial charge in [-0.1, -0.05) is 78.9 Å². The summed E-state index contributed by atoms with van der Waals surface area (Å²) in [5.74, 6) is -0.997. The van der Waals surface area contributed by atoms with Crippen molar-refractivity contribution >= 4 is 17.5 Å². The first kappa shape index (κ1) is 18.9. The van der Waals surface area contributed by atoms with Gasteiger partial charge >= 0.3 is 0 Å². The second kappa shape index (κ2) is 8.29. The van der Waals surface area contributed by atoms with Gasteiger partial charge in [-0.05, 0) is 22.8 Å². The maximum absolute atomic E-state index is 12.9. The lowest BCUT2D eigenvalue weighted by Crippen LogP contribution is -2.34. The Kier molecular flexibility index (Phi) is 5.40. The number of anilines is 1. The third kappa shape index (κ3) is 4.05. The molecule has 0 radical (unpaired) electrons. The van der Waals surface area contributed by atoms with Gasteiger partial charge in [0.1, 0.15) is 6.10 Å². The van der Waals surface area contributed by atoms with Crippen LogP contribution < -0.4 is 10.6 Å². The maximum atomic E-state index is 12.9. The van der Waals surface area contributed by atoms with Crippen molar-refractivity contribution < 1.29 is 14.7 Å². The molecule has 3 N–H and O–H groups in total. The molecule has 5 nitrogen and oxygen atoms in total. The third-order valence-electron chi connectivity index (χ3n) is 5.23. The van der Waals surface area contributed by atoms with Crippen LogP contribution in [0.5, 0.6) is 0 Å². The highest BCUT2D eigenvalue weighted by Crippen LogP contribution is 2.35. The molecular formula is C24H22N2O3. The monoisotopic (exact) mass is 386 g/mol. The second-order valence-corrected chi connectivity index (χ2v) is 7.14. The summed E-state index contributed by atoms with van der Waals surface area (Å²) >= 11 is 0. The van der Waals surface area contributed by atoms with E-state index in [2.05, 4.69) is 10.6 Å². The van der Waals surface area contributed by atoms with Gasteiger partial charge < -0.3 is 15.7 Å². The maximum Gasteiger partial charge on any atom is 0.232 e. The number of aliphatic hydroxyl groups is 1. The molecule has 3 aromatic rings. The number of amides is 2. The van der Waals surface area contributed by atoms with Crippen LogP contribution in [0.25, 0.3) is 0 Å². The van der Waals surface area contributed by atoms with E-state index in [-0.39, 0.29) is 18.2 Å². The number of hydrogen-bond donors (Lipinski definition) is 3. The Balaban J connectivity index is 1.55. The Morgan fingerprint density at radius 1 is 0.897 bits per heavy atom. The Morgan fingerprint density at radius 2 is 1.48 bits per heavy atom. The Hall–Kier alpha value is -3.44. The molecule has 146 valence electrons. The molecule has 3 aromatic carbocycles. The molecule has 0 fully saturated rings. The van der Waals surface area contributed by atoms with Gasteiger partial charge in [-0.2, -0.15) is 0 Å². The normalized spacial score (nSPS) is 17.1. The molecule has 0 spiro atoms. The summed E-state index contributed by atoms with van der Waals surface area (Å²) in [4.78, 5) is 25.2. The molecule has 1 unspecified atom stereocenters. The number of aliphatic hydroxyl groups excluding tert-OH is 1. The van der Waals surface area contributed by atoms with Gasteiger partial charge in [-0.15, -0.1) is 0 Å². The van der Waals surface area contributed by atoms with Crippen LogP contribution in [0.3, 0.4) is 0 Å². The molecule has 3 atom stereocenters. The summed E-state index contributed by atoms with van der Waals surface area (Å²) in [6.45, 7) is 0. The van der Waals surface area contributed by atoms with E-state index in [0.717, 1.165) is 16.8 Å². The van der Waals surface area contributed by atoms with Crippen molar-refractivity contribution in [3.8, 4) is 0 Å². The van der Waals surface area contributed by atoms with Crippen LogP contribution in [0.2, 0.25) is 0 Å². The molecule has 2 amide bonds. The standard InChI is InChI=1S/C24H22N2O3/c27-21(15-19-18-13-7-8-14-20(18)25-24(19)29)26-22(16-9-3-1-4-10-16)23(28)17-11-5-2-6-12-17/h1-14,19,22-23,28H,15H2,(H,25,29)(H,26,27)/t19?,22-,23+/m0/s1. The lowest BCUT2D eigenvalue weighted by atomic mass is 9.94. The number of carbonyl (C=O) groups excluding carboxylic acids is 2. The van der Waals surface area contributed by atoms with Crippen LogP contribution in [-0.2, 0) is 9.59 Å². The van der Waals surface area contributed by atoms with Gasteiger partial charge in [0, 0.05) is 12.1 Å². The number of hydrogen-bond acceptors (Lipinski definition) is 3. The van der Waals surface area contributed by atoms with E-state index >= 15 is 0 Å². The Labute approximate surface area is 169 Å². The molecule has 0 saturated carbocycles. The van der Waals surface area contributed by atoms with Gasteiger partial charge in [0.2, 0.25) is 11.8 Å². The van der Waals surface area contributed by atoms with Crippen LogP contribution in [0.1, 0.15) is 41.2 Å². The van der Waals surface area contributed by atoms with Crippen molar-refractivity contribution in [1.29, 1.82) is 0 Å². The summed E-state index contributed by atoms with van der Waals surface area (Å²) in [5, 5.41) is 16.7. The summed E-state index contributed by atoms with van der Waals surface area (Å²) in [7, 11) is 0. The van der Waals surface area contributed by atoms with Gasteiger partial charge in [0.05, 0.1) is 12.0 Å². The topological polar surface area (TPSA) is 78.4 Å². The number of carbonyl (C=O) groups is 2. The number of rotatable bonds is 6. The fourth-order valence-electron chi connectivity index (χ4n) is 3.74. The van der Waals surface area contributed by atoms with E-state index in [1.165, 1.54) is 0 Å². The van der Waals surface area contributed by atoms with Crippen molar-refractivity contribution in [2.75, 3.05) is 5.32 Å². The quantitative estimate of drug-likeness (QED) is 0.604. The average Bonchev–Trinajstić information content (AvgIpc) is 3.08. The summed E-state index contributed by atoms with van der Waals surface area (Å²) < 4.78 is 0. The molecule has 29 heavy (non-hydrogen) atoms. The SMILES string of the molecule is O=C(CC1C(=O)Nc2ccccc21)N[C@@H](c1ccccc1)[C@H](O)c1ccccc1. The molecule has 4 rings (SSSR count). The lowest BCUT2D eigenvalue weighted by Gasteiger charge is -2.25. The highest BCUT2D eigenvalue weighted by molar-refractivity contribution is 6.04. The smallest absolute Gasteiger partial charge is 0.232 e. The third-order valence-corrected chi connectivity index (χ3v) is 5.23. The molecule has 1 aliphatic heterocycles. The molecular weight excluding hydrogens is 364 g/mol. The van der Waals surface area contributed by atoms with Gasteiger partial charge in [-0.25, -0.2) is 0 Å². The number of benzene rings is 3. The first-order valence-corrected chi connectivity index (χ1v) is 9.60. The van der Waals surface area contributed by atoms with Crippen molar-refractivity contribution in [3.05, 3.63) is 102 Å². The predicted molar refractivity (Wildman–Crippen MR) is 111 cm³/mol. The van der Waals surface area contributed by atoms with Crippen molar-refractivity contribution in [2.24, 2.45) is 0 Å².